The van der Waals surface area contributed by atoms with Crippen molar-refractivity contribution in [3.63, 3.8) is 0 Å². The van der Waals surface area contributed by atoms with Gasteiger partial charge in [0.2, 0.25) is 0 Å². The van der Waals surface area contributed by atoms with Crippen LogP contribution in [0.15, 0.2) is 0 Å². The molecule has 0 unspecified atom stereocenters. The van der Waals surface area contributed by atoms with Gasteiger partial charge in [-0.25, -0.2) is 0 Å². The molecule has 9 heavy (non-hydrogen) atoms. The van der Waals surface area contributed by atoms with E-state index in [4.69, 9.17) is 5.73 Å². The normalized spacial score (nSPS) is 48.3. The number of fused-ring (bicyclic) bond motifs is 2. The Balaban J connectivity index is 2.02. The third-order valence-corrected chi connectivity index (χ3v) is 2.81. The fraction of sp³-hybridized carbons (Fsp3) is 1.00. The first-order chi connectivity index (χ1) is 4.35. The molecule has 1 aliphatic carbocycles. The van der Waals surface area contributed by atoms with Gasteiger partial charge in [-0.3, -0.25) is 0 Å². The zero-order valence-electron chi connectivity index (χ0n) is 5.69. The molecular weight excluding hydrogens is 112 g/mol. The van der Waals surface area contributed by atoms with Crippen LogP contribution in [0.1, 0.15) is 12.8 Å². The average molecular weight is 126 g/mol. The van der Waals surface area contributed by atoms with Crippen LogP contribution in [0, 0.1) is 11.3 Å². The van der Waals surface area contributed by atoms with Gasteiger partial charge in [0.1, 0.15) is 0 Å². The Labute approximate surface area is 55.8 Å². The summed E-state index contributed by atoms with van der Waals surface area (Å²) in [7, 11) is 0. The second kappa shape index (κ2) is 1.70. The predicted molar refractivity (Wildman–Crippen MR) is 37.1 cm³/mol. The van der Waals surface area contributed by atoms with Crippen molar-refractivity contribution in [1.82, 2.24) is 5.32 Å². The Kier molecular flexibility index (Phi) is 1.08. The lowest BCUT2D eigenvalue weighted by Gasteiger charge is -2.52. The van der Waals surface area contributed by atoms with E-state index in [0.29, 0.717) is 5.41 Å². The Morgan fingerprint density at radius 3 is 2.67 bits per heavy atom. The molecule has 0 aromatic heterocycles. The third-order valence-electron chi connectivity index (χ3n) is 2.81. The second-order valence-corrected chi connectivity index (χ2v) is 3.61. The minimum absolute atomic E-state index is 0.531. The molecular formula is C7H14N2. The van der Waals surface area contributed by atoms with E-state index in [1.807, 2.05) is 0 Å². The number of piperidine rings is 2. The Bertz CT molecular complexity index is 111. The molecule has 0 aromatic rings. The van der Waals surface area contributed by atoms with Crippen molar-refractivity contribution in [2.75, 3.05) is 19.6 Å². The van der Waals surface area contributed by atoms with Crippen molar-refractivity contribution in [1.29, 1.82) is 0 Å². The minimum atomic E-state index is 0.531. The molecule has 2 heteroatoms. The molecule has 3 fully saturated rings. The molecule has 0 aromatic carbocycles. The molecule has 2 bridgehead atoms. The molecule has 3 N–H and O–H groups in total. The van der Waals surface area contributed by atoms with E-state index in [9.17, 15) is 0 Å². The lowest BCUT2D eigenvalue weighted by atomic mass is 9.59. The molecule has 0 spiro atoms. The van der Waals surface area contributed by atoms with Crippen LogP contribution in [-0.2, 0) is 0 Å². The topological polar surface area (TPSA) is 38.0 Å². The highest BCUT2D eigenvalue weighted by molar-refractivity contribution is 5.00. The number of hydrogen-bond acceptors (Lipinski definition) is 2. The van der Waals surface area contributed by atoms with Crippen LogP contribution >= 0.6 is 0 Å². The monoisotopic (exact) mass is 126 g/mol. The first-order valence-electron chi connectivity index (χ1n) is 3.75. The van der Waals surface area contributed by atoms with E-state index in [2.05, 4.69) is 5.32 Å². The molecule has 3 rings (SSSR count). The van der Waals surface area contributed by atoms with Gasteiger partial charge in [-0.15, -0.1) is 0 Å². The van der Waals surface area contributed by atoms with E-state index < -0.39 is 0 Å². The quantitative estimate of drug-likeness (QED) is 0.517. The van der Waals surface area contributed by atoms with Crippen molar-refractivity contribution in [2.45, 2.75) is 12.8 Å². The molecule has 52 valence electrons. The summed E-state index contributed by atoms with van der Waals surface area (Å²) in [4.78, 5) is 0. The molecule has 0 amide bonds. The molecule has 1 saturated carbocycles. The van der Waals surface area contributed by atoms with Gasteiger partial charge < -0.3 is 11.1 Å². The largest absolute Gasteiger partial charge is 0.330 e. The first kappa shape index (κ1) is 5.69. The van der Waals surface area contributed by atoms with Gasteiger partial charge in [0.25, 0.3) is 0 Å². The maximum absolute atomic E-state index is 5.64. The van der Waals surface area contributed by atoms with Crippen LogP contribution in [0.2, 0.25) is 0 Å². The third kappa shape index (κ3) is 0.700. The summed E-state index contributed by atoms with van der Waals surface area (Å²) in [5.74, 6) is 0.960. The molecule has 2 saturated heterocycles. The number of nitrogens with two attached hydrogens (primary N) is 1. The van der Waals surface area contributed by atoms with Crippen LogP contribution in [0.4, 0.5) is 0 Å². The maximum atomic E-state index is 5.64. The van der Waals surface area contributed by atoms with Crippen molar-refractivity contribution in [2.24, 2.45) is 17.1 Å². The summed E-state index contributed by atoms with van der Waals surface area (Å²) in [5, 5.41) is 3.40. The predicted octanol–water partition coefficient (Wildman–Crippen LogP) is -0.0553. The number of nitrogens with one attached hydrogen (secondary N) is 1. The van der Waals surface area contributed by atoms with Crippen LogP contribution < -0.4 is 11.1 Å². The van der Waals surface area contributed by atoms with Crippen molar-refractivity contribution in [3.8, 4) is 0 Å². The highest BCUT2D eigenvalue weighted by Gasteiger charge is 2.45. The molecule has 2 aliphatic heterocycles. The summed E-state index contributed by atoms with van der Waals surface area (Å²) < 4.78 is 0. The van der Waals surface area contributed by atoms with Crippen molar-refractivity contribution >= 4 is 0 Å². The summed E-state index contributed by atoms with van der Waals surface area (Å²) in [5.41, 5.74) is 6.17. The second-order valence-electron chi connectivity index (χ2n) is 3.61. The van der Waals surface area contributed by atoms with E-state index in [-0.39, 0.29) is 0 Å². The van der Waals surface area contributed by atoms with Crippen LogP contribution in [0.25, 0.3) is 0 Å². The van der Waals surface area contributed by atoms with Gasteiger partial charge in [0.15, 0.2) is 0 Å². The zero-order chi connectivity index (χ0) is 6.32. The Hall–Kier alpha value is -0.0800. The van der Waals surface area contributed by atoms with Gasteiger partial charge >= 0.3 is 0 Å². The van der Waals surface area contributed by atoms with Crippen LogP contribution in [-0.4, -0.2) is 19.6 Å². The van der Waals surface area contributed by atoms with Crippen molar-refractivity contribution in [3.05, 3.63) is 0 Å². The van der Waals surface area contributed by atoms with Crippen LogP contribution in [0.3, 0.4) is 0 Å². The highest BCUT2D eigenvalue weighted by Crippen LogP contribution is 2.46. The van der Waals surface area contributed by atoms with Gasteiger partial charge in [-0.05, 0) is 37.3 Å². The van der Waals surface area contributed by atoms with E-state index >= 15 is 0 Å². The molecule has 2 heterocycles. The molecule has 2 nitrogen and oxygen atoms in total. The van der Waals surface area contributed by atoms with E-state index in [1.165, 1.54) is 25.9 Å². The fourth-order valence-electron chi connectivity index (χ4n) is 2.23. The number of rotatable bonds is 1. The smallest absolute Gasteiger partial charge is 0.00202 e. The molecule has 0 atom stereocenters. The Morgan fingerprint density at radius 2 is 2.33 bits per heavy atom. The van der Waals surface area contributed by atoms with Gasteiger partial charge in [0, 0.05) is 6.54 Å². The Morgan fingerprint density at radius 1 is 1.56 bits per heavy atom. The number of hydrogen-bond donors (Lipinski definition) is 2. The van der Waals surface area contributed by atoms with Crippen molar-refractivity contribution < 1.29 is 0 Å². The lowest BCUT2D eigenvalue weighted by molar-refractivity contribution is 0.0228. The first-order valence-corrected chi connectivity index (χ1v) is 3.75. The highest BCUT2D eigenvalue weighted by atomic mass is 14.9. The summed E-state index contributed by atoms with van der Waals surface area (Å²) in [6.45, 7) is 3.29. The summed E-state index contributed by atoms with van der Waals surface area (Å²) >= 11 is 0. The zero-order valence-corrected chi connectivity index (χ0v) is 5.69. The summed E-state index contributed by atoms with van der Waals surface area (Å²) in [6, 6.07) is 0. The van der Waals surface area contributed by atoms with Gasteiger partial charge in [-0.1, -0.05) is 0 Å². The fourth-order valence-corrected chi connectivity index (χ4v) is 2.23. The van der Waals surface area contributed by atoms with Crippen LogP contribution in [0.5, 0.6) is 0 Å². The summed E-state index contributed by atoms with van der Waals surface area (Å²) in [6.07, 6.45) is 2.77. The van der Waals surface area contributed by atoms with E-state index in [0.717, 1.165) is 12.5 Å². The lowest BCUT2D eigenvalue weighted by Crippen LogP contribution is -2.57. The maximum Gasteiger partial charge on any atom is 0.00202 e. The van der Waals surface area contributed by atoms with Gasteiger partial charge in [-0.2, -0.15) is 0 Å². The van der Waals surface area contributed by atoms with Gasteiger partial charge in [0.05, 0.1) is 0 Å². The van der Waals surface area contributed by atoms with E-state index in [1.54, 1.807) is 0 Å². The average Bonchev–Trinajstić information content (AvgIpc) is 1.88. The SMILES string of the molecule is NCC12CNCC(C1)C2. The minimum Gasteiger partial charge on any atom is -0.330 e. The molecule has 3 aliphatic rings. The molecule has 0 radical (unpaired) electrons. The standard InChI is InChI=1S/C7H14N2/c8-4-7-1-6(2-7)3-9-5-7/h6,9H,1-5,8H2.